The van der Waals surface area contributed by atoms with Crippen molar-refractivity contribution in [2.45, 2.75) is 32.2 Å². The number of anilines is 1. The van der Waals surface area contributed by atoms with Gasteiger partial charge in [0, 0.05) is 25.2 Å². The van der Waals surface area contributed by atoms with Gasteiger partial charge < -0.3 is 4.90 Å². The molecule has 0 N–H and O–H groups in total. The minimum Gasteiger partial charge on any atom is -0.309 e. The average molecular weight is 347 g/mol. The molecule has 0 unspecified atom stereocenters. The lowest BCUT2D eigenvalue weighted by Crippen LogP contribution is -2.36. The largest absolute Gasteiger partial charge is 0.309 e. The summed E-state index contributed by atoms with van der Waals surface area (Å²) in [5, 5.41) is 0.598. The van der Waals surface area contributed by atoms with Crippen molar-refractivity contribution in [3.8, 4) is 0 Å². The molecule has 2 heterocycles. The first-order valence-corrected chi connectivity index (χ1v) is 8.85. The molecule has 1 aliphatic rings. The summed E-state index contributed by atoms with van der Waals surface area (Å²) in [6, 6.07) is 15.3. The van der Waals surface area contributed by atoms with Gasteiger partial charge in [0.1, 0.15) is 5.82 Å². The van der Waals surface area contributed by atoms with Crippen molar-refractivity contribution in [2.24, 2.45) is 7.05 Å². The molecule has 1 amide bonds. The number of aromatic nitrogens is 2. The zero-order valence-corrected chi connectivity index (χ0v) is 15.1. The van der Waals surface area contributed by atoms with Crippen molar-refractivity contribution < 1.29 is 4.79 Å². The molecule has 0 fully saturated rings. The molecule has 0 aliphatic carbocycles. The molecule has 1 aliphatic heterocycles. The third-order valence-corrected chi connectivity index (χ3v) is 5.09. The number of amides is 1. The molecular formula is C21H21N3O2. The van der Waals surface area contributed by atoms with Crippen LogP contribution in [0.15, 0.2) is 53.3 Å². The maximum Gasteiger partial charge on any atom is 0.261 e. The van der Waals surface area contributed by atoms with Crippen LogP contribution in [0.25, 0.3) is 10.9 Å². The topological polar surface area (TPSA) is 55.2 Å². The summed E-state index contributed by atoms with van der Waals surface area (Å²) >= 11 is 0. The van der Waals surface area contributed by atoms with E-state index < -0.39 is 0 Å². The van der Waals surface area contributed by atoms with Crippen LogP contribution in [0.3, 0.4) is 0 Å². The summed E-state index contributed by atoms with van der Waals surface area (Å²) in [4.78, 5) is 32.2. The van der Waals surface area contributed by atoms with Crippen LogP contribution in [0.5, 0.6) is 0 Å². The highest BCUT2D eigenvalue weighted by Crippen LogP contribution is 2.39. The lowest BCUT2D eigenvalue weighted by Gasteiger charge is -2.22. The summed E-state index contributed by atoms with van der Waals surface area (Å²) in [7, 11) is 1.72. The average Bonchev–Trinajstić information content (AvgIpc) is 2.91. The van der Waals surface area contributed by atoms with Crippen LogP contribution in [0.1, 0.15) is 31.2 Å². The van der Waals surface area contributed by atoms with Gasteiger partial charge in [-0.05, 0) is 37.6 Å². The number of fused-ring (bicyclic) bond motifs is 2. The van der Waals surface area contributed by atoms with Crippen molar-refractivity contribution in [1.29, 1.82) is 0 Å². The Labute approximate surface area is 151 Å². The minimum atomic E-state index is -0.312. The summed E-state index contributed by atoms with van der Waals surface area (Å²) in [6.07, 6.45) is 0.412. The number of rotatable bonds is 3. The number of hydrogen-bond acceptors (Lipinski definition) is 3. The second-order valence-electron chi connectivity index (χ2n) is 7.03. The van der Waals surface area contributed by atoms with Gasteiger partial charge in [0.2, 0.25) is 5.91 Å². The van der Waals surface area contributed by atoms with E-state index in [0.29, 0.717) is 23.1 Å². The van der Waals surface area contributed by atoms with Crippen LogP contribution < -0.4 is 10.5 Å². The van der Waals surface area contributed by atoms with Gasteiger partial charge in [0.15, 0.2) is 0 Å². The first-order valence-electron chi connectivity index (χ1n) is 8.85. The van der Waals surface area contributed by atoms with Gasteiger partial charge in [-0.15, -0.1) is 0 Å². The van der Waals surface area contributed by atoms with Crippen LogP contribution >= 0.6 is 0 Å². The van der Waals surface area contributed by atoms with Crippen LogP contribution in [-0.2, 0) is 18.3 Å². The van der Waals surface area contributed by atoms with E-state index in [1.165, 1.54) is 0 Å². The van der Waals surface area contributed by atoms with Crippen LogP contribution in [0.4, 0.5) is 5.69 Å². The Hall–Kier alpha value is -2.95. The third kappa shape index (κ3) is 2.43. The van der Waals surface area contributed by atoms with E-state index in [9.17, 15) is 9.59 Å². The third-order valence-electron chi connectivity index (χ3n) is 5.09. The van der Waals surface area contributed by atoms with Crippen LogP contribution in [0, 0.1) is 0 Å². The predicted octanol–water partition coefficient (Wildman–Crippen LogP) is 3.01. The fourth-order valence-electron chi connectivity index (χ4n) is 3.78. The van der Waals surface area contributed by atoms with E-state index in [-0.39, 0.29) is 23.4 Å². The summed E-state index contributed by atoms with van der Waals surface area (Å²) in [5.74, 6) is 0.393. The molecule has 3 aromatic rings. The Morgan fingerprint density at radius 2 is 1.73 bits per heavy atom. The van der Waals surface area contributed by atoms with Crippen LogP contribution in [-0.4, -0.2) is 21.5 Å². The Kier molecular flexibility index (Phi) is 3.87. The molecule has 0 saturated heterocycles. The predicted molar refractivity (Wildman–Crippen MR) is 102 cm³/mol. The monoisotopic (exact) mass is 347 g/mol. The molecule has 1 atom stereocenters. The first-order chi connectivity index (χ1) is 12.5. The molecule has 132 valence electrons. The highest BCUT2D eigenvalue weighted by Gasteiger charge is 2.38. The van der Waals surface area contributed by atoms with Gasteiger partial charge in [0.25, 0.3) is 5.56 Å². The zero-order valence-electron chi connectivity index (χ0n) is 15.1. The zero-order chi connectivity index (χ0) is 18.4. The number of carbonyl (C=O) groups excluding carboxylic acids is 1. The lowest BCUT2D eigenvalue weighted by molar-refractivity contribution is -0.119. The Morgan fingerprint density at radius 3 is 2.50 bits per heavy atom. The molecule has 1 aromatic heterocycles. The van der Waals surface area contributed by atoms with E-state index >= 15 is 0 Å². The van der Waals surface area contributed by atoms with Crippen molar-refractivity contribution >= 4 is 22.5 Å². The van der Waals surface area contributed by atoms with E-state index in [1.54, 1.807) is 17.7 Å². The molecule has 5 heteroatoms. The normalized spacial score (nSPS) is 16.5. The maximum absolute atomic E-state index is 13.1. The molecule has 5 nitrogen and oxygen atoms in total. The number of benzene rings is 2. The smallest absolute Gasteiger partial charge is 0.261 e. The summed E-state index contributed by atoms with van der Waals surface area (Å²) in [6.45, 7) is 4.03. The minimum absolute atomic E-state index is 0.0728. The quantitative estimate of drug-likeness (QED) is 0.732. The second kappa shape index (κ2) is 6.09. The molecule has 2 aromatic carbocycles. The van der Waals surface area contributed by atoms with Crippen molar-refractivity contribution in [3.05, 3.63) is 70.3 Å². The number of hydrogen-bond donors (Lipinski definition) is 0. The highest BCUT2D eigenvalue weighted by molar-refractivity contribution is 6.05. The SMILES string of the molecule is CC(C)N1C(=O)[C@H](Cc2nc3ccccc3c(=O)n2C)c2ccccc21. The van der Waals surface area contributed by atoms with Crippen molar-refractivity contribution in [3.63, 3.8) is 0 Å². The van der Waals surface area contributed by atoms with E-state index in [0.717, 1.165) is 11.3 Å². The second-order valence-corrected chi connectivity index (χ2v) is 7.03. The lowest BCUT2D eigenvalue weighted by atomic mass is 9.96. The Balaban J connectivity index is 1.81. The molecule has 4 rings (SSSR count). The van der Waals surface area contributed by atoms with Gasteiger partial charge in [-0.1, -0.05) is 30.3 Å². The van der Waals surface area contributed by atoms with Gasteiger partial charge in [-0.25, -0.2) is 4.98 Å². The standard InChI is InChI=1S/C21H21N3O2/c1-13(2)24-18-11-7-5-8-14(18)16(21(24)26)12-19-22-17-10-6-4-9-15(17)20(25)23(19)3/h4-11,13,16H,12H2,1-3H3/t16-/m1/s1. The number of nitrogens with zero attached hydrogens (tertiary/aromatic N) is 3. The van der Waals surface area contributed by atoms with Gasteiger partial charge in [0.05, 0.1) is 16.8 Å². The van der Waals surface area contributed by atoms with E-state index in [4.69, 9.17) is 0 Å². The van der Waals surface area contributed by atoms with Crippen LogP contribution in [0.2, 0.25) is 0 Å². The van der Waals surface area contributed by atoms with E-state index in [1.807, 2.05) is 61.2 Å². The Morgan fingerprint density at radius 1 is 1.04 bits per heavy atom. The summed E-state index contributed by atoms with van der Waals surface area (Å²) < 4.78 is 1.57. The summed E-state index contributed by atoms with van der Waals surface area (Å²) in [5.41, 5.74) is 2.56. The molecule has 0 radical (unpaired) electrons. The molecule has 26 heavy (non-hydrogen) atoms. The molecule has 0 saturated carbocycles. The Bertz CT molecular complexity index is 1070. The van der Waals surface area contributed by atoms with Gasteiger partial charge in [-0.2, -0.15) is 0 Å². The first kappa shape index (κ1) is 16.5. The fraction of sp³-hybridized carbons (Fsp3) is 0.286. The van der Waals surface area contributed by atoms with Crippen molar-refractivity contribution in [1.82, 2.24) is 9.55 Å². The molecular weight excluding hydrogens is 326 g/mol. The van der Waals surface area contributed by atoms with E-state index in [2.05, 4.69) is 4.98 Å². The molecule has 0 bridgehead atoms. The number of carbonyl (C=O) groups is 1. The maximum atomic E-state index is 13.1. The highest BCUT2D eigenvalue weighted by atomic mass is 16.2. The molecule has 0 spiro atoms. The van der Waals surface area contributed by atoms with Gasteiger partial charge >= 0.3 is 0 Å². The fourth-order valence-corrected chi connectivity index (χ4v) is 3.78. The van der Waals surface area contributed by atoms with Gasteiger partial charge in [-0.3, -0.25) is 14.2 Å². The van der Waals surface area contributed by atoms with Crippen molar-refractivity contribution in [2.75, 3.05) is 4.90 Å². The number of para-hydroxylation sites is 2.